The van der Waals surface area contributed by atoms with Crippen LogP contribution in [0.25, 0.3) is 11.1 Å². The molecule has 0 radical (unpaired) electrons. The van der Waals surface area contributed by atoms with Gasteiger partial charge in [-0.05, 0) is 66.6 Å². The first-order valence-corrected chi connectivity index (χ1v) is 15.2. The molecule has 0 saturated carbocycles. The first kappa shape index (κ1) is 34.7. The zero-order valence-corrected chi connectivity index (χ0v) is 25.2. The first-order valence-electron chi connectivity index (χ1n) is 15.2. The number of aryl methyl sites for hydroxylation is 1. The maximum absolute atomic E-state index is 14.9. The Kier molecular flexibility index (Phi) is 13.4. The van der Waals surface area contributed by atoms with Crippen molar-refractivity contribution in [2.75, 3.05) is 0 Å². The van der Waals surface area contributed by atoms with E-state index in [2.05, 4.69) is 11.7 Å². The molecule has 0 heterocycles. The molecule has 0 bridgehead atoms. The second kappa shape index (κ2) is 16.9. The average Bonchev–Trinajstić information content (AvgIpc) is 2.98. The van der Waals surface area contributed by atoms with Gasteiger partial charge in [-0.1, -0.05) is 89.1 Å². The summed E-state index contributed by atoms with van der Waals surface area (Å²) in [6.45, 7) is 3.89. The Labute approximate surface area is 255 Å². The van der Waals surface area contributed by atoms with Gasteiger partial charge in [-0.3, -0.25) is 0 Å². The van der Waals surface area contributed by atoms with Crippen LogP contribution < -0.4 is 4.74 Å². The molecule has 0 spiro atoms. The molecule has 3 aromatic rings. The van der Waals surface area contributed by atoms with Crippen LogP contribution in [0.5, 0.6) is 5.75 Å². The fourth-order valence-electron chi connectivity index (χ4n) is 4.77. The lowest BCUT2D eigenvalue weighted by Gasteiger charge is -2.20. The Balaban J connectivity index is 1.59. The van der Waals surface area contributed by atoms with Gasteiger partial charge >= 0.3 is 18.1 Å². The molecule has 0 amide bonds. The number of rotatable bonds is 16. The van der Waals surface area contributed by atoms with E-state index in [4.69, 9.17) is 4.74 Å². The minimum Gasteiger partial charge on any atom is -0.449 e. The summed E-state index contributed by atoms with van der Waals surface area (Å²) in [5.74, 6) is -5.05. The molecule has 0 aliphatic carbocycles. The molecule has 0 aliphatic heterocycles. The van der Waals surface area contributed by atoms with Gasteiger partial charge in [0.1, 0.15) is 17.4 Å². The van der Waals surface area contributed by atoms with Crippen molar-refractivity contribution >= 4 is 11.9 Å². The number of alkyl halides is 3. The van der Waals surface area contributed by atoms with Crippen molar-refractivity contribution in [2.45, 2.75) is 96.8 Å². The number of carbonyl (C=O) groups excluding carboxylic acids is 2. The van der Waals surface area contributed by atoms with Crippen LogP contribution in [0.4, 0.5) is 22.0 Å². The predicted molar refractivity (Wildman–Crippen MR) is 160 cm³/mol. The monoisotopic (exact) mass is 618 g/mol. The lowest BCUT2D eigenvalue weighted by Crippen LogP contribution is -2.34. The van der Waals surface area contributed by atoms with E-state index in [0.717, 1.165) is 30.5 Å². The number of hydrogen-bond acceptors (Lipinski definition) is 4. The van der Waals surface area contributed by atoms with Gasteiger partial charge in [-0.2, -0.15) is 13.2 Å². The second-order valence-corrected chi connectivity index (χ2v) is 10.9. The SMILES string of the molecule is CCCCCCCCCc1ccc(-c2ccc(C(=O)Oc3ccc(C(=O)O[C@H](CCCC)C(F)(F)F)c(F)c3)c(F)c2)cc1. The van der Waals surface area contributed by atoms with E-state index < -0.39 is 53.4 Å². The number of ether oxygens (including phenoxy) is 2. The van der Waals surface area contributed by atoms with Crippen molar-refractivity contribution in [3.63, 3.8) is 0 Å². The van der Waals surface area contributed by atoms with E-state index in [1.165, 1.54) is 56.2 Å². The Morgan fingerprint density at radius 3 is 1.86 bits per heavy atom. The molecular formula is C35H39F5O4. The highest BCUT2D eigenvalue weighted by atomic mass is 19.4. The summed E-state index contributed by atoms with van der Waals surface area (Å²) in [4.78, 5) is 24.8. The van der Waals surface area contributed by atoms with Gasteiger partial charge in [0, 0.05) is 6.07 Å². The van der Waals surface area contributed by atoms with Crippen LogP contribution in [0.15, 0.2) is 60.7 Å². The molecule has 238 valence electrons. The Hall–Kier alpha value is -3.75. The van der Waals surface area contributed by atoms with Crippen molar-refractivity contribution in [2.24, 2.45) is 0 Å². The molecule has 3 aromatic carbocycles. The molecule has 0 N–H and O–H groups in total. The van der Waals surface area contributed by atoms with E-state index in [0.29, 0.717) is 18.1 Å². The Morgan fingerprint density at radius 2 is 1.25 bits per heavy atom. The molecule has 0 aliphatic rings. The molecule has 9 heteroatoms. The zero-order chi connectivity index (χ0) is 32.1. The fourth-order valence-corrected chi connectivity index (χ4v) is 4.77. The van der Waals surface area contributed by atoms with E-state index in [1.807, 2.05) is 24.3 Å². The van der Waals surface area contributed by atoms with E-state index in [-0.39, 0.29) is 12.2 Å². The smallest absolute Gasteiger partial charge is 0.425 e. The molecule has 0 aromatic heterocycles. The number of hydrogen-bond donors (Lipinski definition) is 0. The van der Waals surface area contributed by atoms with Gasteiger partial charge in [0.15, 0.2) is 6.10 Å². The lowest BCUT2D eigenvalue weighted by atomic mass is 9.99. The van der Waals surface area contributed by atoms with Crippen molar-refractivity contribution in [3.05, 3.63) is 89.0 Å². The lowest BCUT2D eigenvalue weighted by molar-refractivity contribution is -0.206. The quantitative estimate of drug-likeness (QED) is 0.0694. The third-order valence-corrected chi connectivity index (χ3v) is 7.35. The van der Waals surface area contributed by atoms with Crippen molar-refractivity contribution < 1.29 is 41.0 Å². The molecule has 44 heavy (non-hydrogen) atoms. The second-order valence-electron chi connectivity index (χ2n) is 10.9. The molecule has 1 atom stereocenters. The summed E-state index contributed by atoms with van der Waals surface area (Å²) in [6, 6.07) is 14.4. The topological polar surface area (TPSA) is 52.6 Å². The highest BCUT2D eigenvalue weighted by Crippen LogP contribution is 2.29. The summed E-state index contributed by atoms with van der Waals surface area (Å²) >= 11 is 0. The minimum absolute atomic E-state index is 0.165. The van der Waals surface area contributed by atoms with Crippen LogP contribution in [0, 0.1) is 11.6 Å². The predicted octanol–water partition coefficient (Wildman–Crippen LogP) is 10.4. The maximum Gasteiger partial charge on any atom is 0.425 e. The summed E-state index contributed by atoms with van der Waals surface area (Å²) < 4.78 is 78.7. The van der Waals surface area contributed by atoms with Gasteiger partial charge in [-0.25, -0.2) is 18.4 Å². The van der Waals surface area contributed by atoms with Crippen LogP contribution >= 0.6 is 0 Å². The van der Waals surface area contributed by atoms with Gasteiger partial charge in [0.2, 0.25) is 0 Å². The Morgan fingerprint density at radius 1 is 0.682 bits per heavy atom. The number of unbranched alkanes of at least 4 members (excludes halogenated alkanes) is 7. The number of halogens is 5. The van der Waals surface area contributed by atoms with Gasteiger partial charge in [-0.15, -0.1) is 0 Å². The van der Waals surface area contributed by atoms with E-state index in [1.54, 1.807) is 13.0 Å². The highest BCUT2D eigenvalue weighted by Gasteiger charge is 2.42. The van der Waals surface area contributed by atoms with Crippen LogP contribution in [0.2, 0.25) is 0 Å². The number of carbonyl (C=O) groups is 2. The molecule has 3 rings (SSSR count). The largest absolute Gasteiger partial charge is 0.449 e. The summed E-state index contributed by atoms with van der Waals surface area (Å²) in [5, 5.41) is 0. The standard InChI is InChI=1S/C35H39F5O4/c1-3-5-7-8-9-10-11-12-24-14-16-25(17-15-24)26-18-20-28(30(36)22-26)33(41)43-27-19-21-29(31(37)23-27)34(42)44-32(13-6-4-2)35(38,39)40/h14-23,32H,3-13H2,1-2H3/t32-/m1/s1. The molecule has 4 nitrogen and oxygen atoms in total. The molecule has 0 fully saturated rings. The van der Waals surface area contributed by atoms with Crippen LogP contribution in [-0.4, -0.2) is 24.2 Å². The first-order chi connectivity index (χ1) is 21.0. The third-order valence-electron chi connectivity index (χ3n) is 7.35. The molecular weight excluding hydrogens is 579 g/mol. The highest BCUT2D eigenvalue weighted by molar-refractivity contribution is 5.93. The summed E-state index contributed by atoms with van der Waals surface area (Å²) in [6.07, 6.45) is 2.62. The normalized spacial score (nSPS) is 12.2. The van der Waals surface area contributed by atoms with Crippen LogP contribution in [0.3, 0.4) is 0 Å². The maximum atomic E-state index is 14.9. The Bertz CT molecular complexity index is 1370. The summed E-state index contributed by atoms with van der Waals surface area (Å²) in [5.41, 5.74) is 1.40. The van der Waals surface area contributed by atoms with Crippen molar-refractivity contribution in [3.8, 4) is 16.9 Å². The van der Waals surface area contributed by atoms with E-state index >= 15 is 0 Å². The van der Waals surface area contributed by atoms with E-state index in [9.17, 15) is 31.5 Å². The fraction of sp³-hybridized carbons (Fsp3) is 0.429. The number of esters is 2. The van der Waals surface area contributed by atoms with Gasteiger partial charge in [0.05, 0.1) is 11.1 Å². The summed E-state index contributed by atoms with van der Waals surface area (Å²) in [7, 11) is 0. The average molecular weight is 619 g/mol. The molecule has 0 saturated heterocycles. The number of benzene rings is 3. The van der Waals surface area contributed by atoms with Crippen molar-refractivity contribution in [1.29, 1.82) is 0 Å². The third kappa shape index (κ3) is 10.5. The van der Waals surface area contributed by atoms with Crippen LogP contribution in [0.1, 0.15) is 104 Å². The van der Waals surface area contributed by atoms with Crippen LogP contribution in [-0.2, 0) is 11.2 Å². The van der Waals surface area contributed by atoms with Gasteiger partial charge in [0.25, 0.3) is 0 Å². The zero-order valence-electron chi connectivity index (χ0n) is 25.2. The minimum atomic E-state index is -4.80. The molecule has 0 unspecified atom stereocenters. The van der Waals surface area contributed by atoms with Crippen molar-refractivity contribution in [1.82, 2.24) is 0 Å². The van der Waals surface area contributed by atoms with Gasteiger partial charge < -0.3 is 9.47 Å².